The third-order valence-corrected chi connectivity index (χ3v) is 5.56. The van der Waals surface area contributed by atoms with E-state index < -0.39 is 0 Å². The van der Waals surface area contributed by atoms with Gasteiger partial charge in [-0.3, -0.25) is 0 Å². The largest absolute Gasteiger partial charge is 0.310 e. The molecule has 4 rings (SSSR count). The van der Waals surface area contributed by atoms with Gasteiger partial charge >= 0.3 is 0 Å². The first-order valence-corrected chi connectivity index (χ1v) is 8.24. The van der Waals surface area contributed by atoms with Crippen LogP contribution in [0.3, 0.4) is 0 Å². The Balaban J connectivity index is 1.90. The average Bonchev–Trinajstić information content (AvgIpc) is 3.05. The van der Waals surface area contributed by atoms with Crippen molar-refractivity contribution in [2.75, 3.05) is 0 Å². The van der Waals surface area contributed by atoms with E-state index in [4.69, 9.17) is 11.6 Å². The Hall–Kier alpha value is -1.55. The molecule has 106 valence electrons. The molecule has 1 atom stereocenters. The molecule has 0 radical (unpaired) electrons. The Morgan fingerprint density at radius 1 is 1.24 bits per heavy atom. The summed E-state index contributed by atoms with van der Waals surface area (Å²) in [6, 6.07) is 12.5. The lowest BCUT2D eigenvalue weighted by molar-refractivity contribution is 0.600. The molecule has 3 aromatic rings. The van der Waals surface area contributed by atoms with Crippen LogP contribution in [0.1, 0.15) is 28.4 Å². The summed E-state index contributed by atoms with van der Waals surface area (Å²) in [5, 5.41) is 8.02. The highest BCUT2D eigenvalue weighted by Gasteiger charge is 2.25. The van der Waals surface area contributed by atoms with Crippen molar-refractivity contribution in [2.24, 2.45) is 0 Å². The van der Waals surface area contributed by atoms with Gasteiger partial charge in [0, 0.05) is 29.0 Å². The van der Waals surface area contributed by atoms with Crippen molar-refractivity contribution in [1.29, 1.82) is 0 Å². The maximum Gasteiger partial charge on any atom is 0.104 e. The fourth-order valence-corrected chi connectivity index (χ4v) is 4.30. The highest BCUT2D eigenvalue weighted by atomic mass is 35.5. The molecule has 0 fully saturated rings. The van der Waals surface area contributed by atoms with Crippen molar-refractivity contribution in [3.63, 3.8) is 0 Å². The second-order valence-corrected chi connectivity index (χ2v) is 6.61. The zero-order valence-electron chi connectivity index (χ0n) is 11.6. The second-order valence-electron chi connectivity index (χ2n) is 5.34. The van der Waals surface area contributed by atoms with Gasteiger partial charge in [0.05, 0.1) is 6.04 Å². The van der Waals surface area contributed by atoms with E-state index in [2.05, 4.69) is 46.6 Å². The fraction of sp³-hybridized carbons (Fsp3) is 0.176. The normalized spacial score (nSPS) is 17.1. The Morgan fingerprint density at radius 3 is 2.95 bits per heavy atom. The van der Waals surface area contributed by atoms with Crippen molar-refractivity contribution in [3.8, 4) is 5.00 Å². The minimum Gasteiger partial charge on any atom is -0.310 e. The van der Waals surface area contributed by atoms with Gasteiger partial charge in [-0.2, -0.15) is 0 Å². The number of aryl methyl sites for hydroxylation is 1. The molecule has 1 aliphatic rings. The minimum absolute atomic E-state index is 0.118. The third-order valence-electron chi connectivity index (χ3n) is 4.08. The lowest BCUT2D eigenvalue weighted by Gasteiger charge is -2.19. The topological polar surface area (TPSA) is 17.0 Å². The zero-order chi connectivity index (χ0) is 14.4. The van der Waals surface area contributed by atoms with E-state index in [9.17, 15) is 0 Å². The molecule has 21 heavy (non-hydrogen) atoms. The molecule has 1 unspecified atom stereocenters. The van der Waals surface area contributed by atoms with Crippen LogP contribution in [0, 0.1) is 6.92 Å². The molecule has 0 spiro atoms. The van der Waals surface area contributed by atoms with Crippen LogP contribution in [-0.2, 0) is 6.54 Å². The Morgan fingerprint density at radius 2 is 2.10 bits per heavy atom. The van der Waals surface area contributed by atoms with Crippen molar-refractivity contribution >= 4 is 22.9 Å². The van der Waals surface area contributed by atoms with Crippen LogP contribution in [0.4, 0.5) is 0 Å². The van der Waals surface area contributed by atoms with Crippen LogP contribution < -0.4 is 5.32 Å². The molecular weight excluding hydrogens is 300 g/mol. The van der Waals surface area contributed by atoms with Crippen molar-refractivity contribution in [1.82, 2.24) is 9.88 Å². The zero-order valence-corrected chi connectivity index (χ0v) is 13.2. The van der Waals surface area contributed by atoms with Crippen LogP contribution in [0.25, 0.3) is 5.00 Å². The summed E-state index contributed by atoms with van der Waals surface area (Å²) in [5.74, 6) is 0. The van der Waals surface area contributed by atoms with E-state index in [0.29, 0.717) is 0 Å². The number of halogens is 1. The van der Waals surface area contributed by atoms with Crippen LogP contribution in [-0.4, -0.2) is 4.57 Å². The molecule has 2 aromatic heterocycles. The molecule has 2 nitrogen and oxygen atoms in total. The number of hydrogen-bond acceptors (Lipinski definition) is 2. The van der Waals surface area contributed by atoms with Crippen LogP contribution in [0.15, 0.2) is 48.0 Å². The predicted octanol–water partition coefficient (Wildman–Crippen LogP) is 4.69. The molecule has 0 saturated carbocycles. The first kappa shape index (κ1) is 13.1. The summed E-state index contributed by atoms with van der Waals surface area (Å²) < 4.78 is 2.29. The molecule has 1 aromatic carbocycles. The third kappa shape index (κ3) is 2.04. The maximum atomic E-state index is 6.41. The summed E-state index contributed by atoms with van der Waals surface area (Å²) in [5.41, 5.74) is 5.10. The Kier molecular flexibility index (Phi) is 3.14. The van der Waals surface area contributed by atoms with E-state index in [1.807, 2.05) is 18.2 Å². The van der Waals surface area contributed by atoms with E-state index >= 15 is 0 Å². The number of fused-ring (bicyclic) bond motifs is 3. The molecule has 1 N–H and O–H groups in total. The molecule has 4 heteroatoms. The lowest BCUT2D eigenvalue weighted by atomic mass is 10.0. The van der Waals surface area contributed by atoms with Gasteiger partial charge < -0.3 is 9.88 Å². The van der Waals surface area contributed by atoms with Gasteiger partial charge in [-0.15, -0.1) is 11.3 Å². The summed E-state index contributed by atoms with van der Waals surface area (Å²) in [6.45, 7) is 3.04. The summed E-state index contributed by atoms with van der Waals surface area (Å²) in [4.78, 5) is 0. The molecule has 1 aliphatic heterocycles. The fourth-order valence-electron chi connectivity index (χ4n) is 2.97. The average molecular weight is 315 g/mol. The second kappa shape index (κ2) is 5.02. The van der Waals surface area contributed by atoms with Gasteiger partial charge in [0.1, 0.15) is 5.00 Å². The van der Waals surface area contributed by atoms with Gasteiger partial charge in [0.25, 0.3) is 0 Å². The number of nitrogens with one attached hydrogen (secondary N) is 1. The maximum absolute atomic E-state index is 6.41. The number of nitrogens with zero attached hydrogens (tertiary/aromatic N) is 1. The molecule has 0 amide bonds. The van der Waals surface area contributed by atoms with E-state index in [1.165, 1.54) is 21.8 Å². The Bertz CT molecular complexity index is 803. The van der Waals surface area contributed by atoms with Crippen LogP contribution in [0.5, 0.6) is 0 Å². The highest BCUT2D eigenvalue weighted by Crippen LogP contribution is 2.36. The number of thiophene rings is 1. The van der Waals surface area contributed by atoms with Crippen LogP contribution in [0.2, 0.25) is 5.02 Å². The quantitative estimate of drug-likeness (QED) is 0.689. The summed E-state index contributed by atoms with van der Waals surface area (Å²) in [6.07, 6.45) is 2.14. The number of benzene rings is 1. The standard InChI is InChI=1S/C17H15ClN2S/c1-11-10-21-17-13(11)9-19-16(15-7-4-8-20(15)17)12-5-2-3-6-14(12)18/h2-8,10,16,19H,9H2,1H3. The van der Waals surface area contributed by atoms with E-state index in [0.717, 1.165) is 17.1 Å². The van der Waals surface area contributed by atoms with Gasteiger partial charge in [-0.1, -0.05) is 29.8 Å². The summed E-state index contributed by atoms with van der Waals surface area (Å²) >= 11 is 8.22. The molecule has 0 saturated heterocycles. The van der Waals surface area contributed by atoms with E-state index in [1.54, 1.807) is 11.3 Å². The lowest BCUT2D eigenvalue weighted by Crippen LogP contribution is -2.21. The predicted molar refractivity (Wildman–Crippen MR) is 88.5 cm³/mol. The number of aromatic nitrogens is 1. The van der Waals surface area contributed by atoms with Crippen molar-refractivity contribution in [2.45, 2.75) is 19.5 Å². The van der Waals surface area contributed by atoms with Gasteiger partial charge in [-0.05, 0) is 41.6 Å². The first-order chi connectivity index (χ1) is 10.3. The van der Waals surface area contributed by atoms with Gasteiger partial charge in [0.15, 0.2) is 0 Å². The molecule has 3 heterocycles. The monoisotopic (exact) mass is 314 g/mol. The highest BCUT2D eigenvalue weighted by molar-refractivity contribution is 7.12. The minimum atomic E-state index is 0.118. The molecule has 0 aliphatic carbocycles. The Labute approximate surface area is 133 Å². The van der Waals surface area contributed by atoms with Crippen LogP contribution >= 0.6 is 22.9 Å². The molecule has 0 bridgehead atoms. The van der Waals surface area contributed by atoms with Gasteiger partial charge in [0.2, 0.25) is 0 Å². The smallest absolute Gasteiger partial charge is 0.104 e. The number of rotatable bonds is 1. The first-order valence-electron chi connectivity index (χ1n) is 6.98. The van der Waals surface area contributed by atoms with Crippen molar-refractivity contribution in [3.05, 3.63) is 75.4 Å². The van der Waals surface area contributed by atoms with Crippen molar-refractivity contribution < 1.29 is 0 Å². The summed E-state index contributed by atoms with van der Waals surface area (Å²) in [7, 11) is 0. The number of hydrogen-bond donors (Lipinski definition) is 1. The molecular formula is C17H15ClN2S. The SMILES string of the molecule is Cc1csc2c1CNC(c1ccccc1Cl)c1cccn1-2. The van der Waals surface area contributed by atoms with Gasteiger partial charge in [-0.25, -0.2) is 0 Å². The van der Waals surface area contributed by atoms with E-state index in [-0.39, 0.29) is 6.04 Å².